The molecule has 0 fully saturated rings. The van der Waals surface area contributed by atoms with Gasteiger partial charge in [-0.05, 0) is 35.6 Å². The van der Waals surface area contributed by atoms with Gasteiger partial charge in [0.05, 0.1) is 0 Å². The van der Waals surface area contributed by atoms with Gasteiger partial charge in [0, 0.05) is 49.8 Å². The predicted octanol–water partition coefficient (Wildman–Crippen LogP) is 3.07. The molecule has 0 spiro atoms. The molecular formula is C22H26N4O. The Kier molecular flexibility index (Phi) is 5.39. The third-order valence-corrected chi connectivity index (χ3v) is 5.28. The van der Waals surface area contributed by atoms with E-state index in [0.717, 1.165) is 38.0 Å². The molecule has 0 unspecified atom stereocenters. The van der Waals surface area contributed by atoms with Crippen LogP contribution in [0.25, 0.3) is 10.9 Å². The number of carbonyl (C=O) groups excluding carboxylic acids is 1. The van der Waals surface area contributed by atoms with Crippen molar-refractivity contribution in [2.24, 2.45) is 0 Å². The maximum Gasteiger partial charge on any atom is 0.314 e. The first-order valence-electron chi connectivity index (χ1n) is 9.65. The van der Waals surface area contributed by atoms with E-state index in [2.05, 4.69) is 56.9 Å². The first-order chi connectivity index (χ1) is 13.3. The van der Waals surface area contributed by atoms with Crippen molar-refractivity contribution in [3.05, 3.63) is 71.4 Å². The molecule has 4 rings (SSSR count). The van der Waals surface area contributed by atoms with Crippen molar-refractivity contribution in [1.29, 1.82) is 0 Å². The zero-order chi connectivity index (χ0) is 18.5. The highest BCUT2D eigenvalue weighted by atomic mass is 16.2. The number of nitrogens with zero attached hydrogens (tertiary/aromatic N) is 1. The van der Waals surface area contributed by atoms with Crippen LogP contribution in [0.15, 0.2) is 54.7 Å². The molecule has 0 saturated carbocycles. The lowest BCUT2D eigenvalue weighted by Crippen LogP contribution is -2.42. The number of amides is 2. The zero-order valence-electron chi connectivity index (χ0n) is 15.5. The van der Waals surface area contributed by atoms with Crippen LogP contribution in [-0.2, 0) is 19.4 Å². The van der Waals surface area contributed by atoms with Crippen LogP contribution in [0.2, 0.25) is 0 Å². The number of urea groups is 1. The molecule has 1 aliphatic heterocycles. The van der Waals surface area contributed by atoms with E-state index < -0.39 is 0 Å². The van der Waals surface area contributed by atoms with Crippen LogP contribution < -0.4 is 10.6 Å². The third-order valence-electron chi connectivity index (χ3n) is 5.28. The van der Waals surface area contributed by atoms with Gasteiger partial charge in [0.25, 0.3) is 0 Å². The minimum atomic E-state index is -0.0905. The van der Waals surface area contributed by atoms with Gasteiger partial charge >= 0.3 is 6.03 Å². The number of fused-ring (bicyclic) bond motifs is 2. The first-order valence-corrected chi connectivity index (χ1v) is 9.65. The molecule has 2 aromatic carbocycles. The molecule has 5 heteroatoms. The van der Waals surface area contributed by atoms with Gasteiger partial charge < -0.3 is 15.6 Å². The summed E-state index contributed by atoms with van der Waals surface area (Å²) in [5, 5.41) is 7.16. The molecule has 2 amide bonds. The number of benzene rings is 2. The summed E-state index contributed by atoms with van der Waals surface area (Å²) < 4.78 is 0. The zero-order valence-corrected chi connectivity index (χ0v) is 15.5. The van der Waals surface area contributed by atoms with E-state index in [1.165, 1.54) is 22.1 Å². The molecule has 0 atom stereocenters. The van der Waals surface area contributed by atoms with Crippen molar-refractivity contribution in [3.63, 3.8) is 0 Å². The largest absolute Gasteiger partial charge is 0.361 e. The average molecular weight is 362 g/mol. The number of hydrogen-bond acceptors (Lipinski definition) is 2. The van der Waals surface area contributed by atoms with Crippen LogP contribution in [0.1, 0.15) is 16.7 Å². The lowest BCUT2D eigenvalue weighted by molar-refractivity contribution is 0.231. The summed E-state index contributed by atoms with van der Waals surface area (Å²) in [7, 11) is 0. The Labute approximate surface area is 159 Å². The predicted molar refractivity (Wildman–Crippen MR) is 109 cm³/mol. The van der Waals surface area contributed by atoms with Crippen LogP contribution in [0.5, 0.6) is 0 Å². The second-order valence-electron chi connectivity index (χ2n) is 7.09. The number of rotatable bonds is 6. The Morgan fingerprint density at radius 1 is 1.00 bits per heavy atom. The number of nitrogens with one attached hydrogen (secondary N) is 3. The van der Waals surface area contributed by atoms with Gasteiger partial charge in [-0.3, -0.25) is 4.90 Å². The molecule has 3 aromatic rings. The van der Waals surface area contributed by atoms with Crippen LogP contribution in [0, 0.1) is 0 Å². The Morgan fingerprint density at radius 2 is 1.78 bits per heavy atom. The summed E-state index contributed by atoms with van der Waals surface area (Å²) in [5.41, 5.74) is 5.24. The van der Waals surface area contributed by atoms with Crippen molar-refractivity contribution in [2.45, 2.75) is 19.4 Å². The summed E-state index contributed by atoms with van der Waals surface area (Å²) in [6, 6.07) is 16.8. The van der Waals surface area contributed by atoms with Crippen LogP contribution in [-0.4, -0.2) is 42.1 Å². The van der Waals surface area contributed by atoms with Crippen LogP contribution >= 0.6 is 0 Å². The highest BCUT2D eigenvalue weighted by Gasteiger charge is 2.15. The number of aromatic amines is 1. The lowest BCUT2D eigenvalue weighted by Gasteiger charge is -2.28. The maximum absolute atomic E-state index is 12.0. The molecule has 0 aliphatic carbocycles. The van der Waals surface area contributed by atoms with Crippen molar-refractivity contribution in [3.8, 4) is 0 Å². The topological polar surface area (TPSA) is 60.2 Å². The Morgan fingerprint density at radius 3 is 2.70 bits per heavy atom. The minimum Gasteiger partial charge on any atom is -0.361 e. The maximum atomic E-state index is 12.0. The second kappa shape index (κ2) is 8.27. The molecule has 0 saturated heterocycles. The van der Waals surface area contributed by atoms with Gasteiger partial charge in [0.1, 0.15) is 0 Å². The molecule has 140 valence electrons. The number of para-hydroxylation sites is 1. The van der Waals surface area contributed by atoms with Crippen molar-refractivity contribution >= 4 is 16.9 Å². The Bertz CT molecular complexity index is 917. The number of H-pyrrole nitrogens is 1. The van der Waals surface area contributed by atoms with Gasteiger partial charge in [0.15, 0.2) is 0 Å². The second-order valence-corrected chi connectivity index (χ2v) is 7.09. The van der Waals surface area contributed by atoms with Gasteiger partial charge in [-0.2, -0.15) is 0 Å². The molecule has 0 radical (unpaired) electrons. The molecule has 0 bridgehead atoms. The summed E-state index contributed by atoms with van der Waals surface area (Å²) in [6.07, 6.45) is 3.94. The quantitative estimate of drug-likeness (QED) is 0.631. The van der Waals surface area contributed by atoms with E-state index in [4.69, 9.17) is 0 Å². The molecular weight excluding hydrogens is 336 g/mol. The SMILES string of the molecule is O=C(NCCc1c[nH]c2ccccc12)NCCN1CCc2ccccc2C1. The third kappa shape index (κ3) is 4.31. The smallest absolute Gasteiger partial charge is 0.314 e. The van der Waals surface area contributed by atoms with Crippen molar-refractivity contribution < 1.29 is 4.79 Å². The van der Waals surface area contributed by atoms with Crippen LogP contribution in [0.4, 0.5) is 4.79 Å². The van der Waals surface area contributed by atoms with Gasteiger partial charge in [-0.1, -0.05) is 42.5 Å². The van der Waals surface area contributed by atoms with E-state index in [9.17, 15) is 4.79 Å². The van der Waals surface area contributed by atoms with E-state index in [1.54, 1.807) is 0 Å². The first kappa shape index (κ1) is 17.6. The van der Waals surface area contributed by atoms with Crippen molar-refractivity contribution in [1.82, 2.24) is 20.5 Å². The number of hydrogen-bond donors (Lipinski definition) is 3. The van der Waals surface area contributed by atoms with E-state index in [0.29, 0.717) is 13.1 Å². The highest BCUT2D eigenvalue weighted by molar-refractivity contribution is 5.83. The Balaban J connectivity index is 1.16. The fraction of sp³-hybridized carbons (Fsp3) is 0.318. The van der Waals surface area contributed by atoms with E-state index >= 15 is 0 Å². The van der Waals surface area contributed by atoms with E-state index in [-0.39, 0.29) is 6.03 Å². The van der Waals surface area contributed by atoms with Crippen LogP contribution in [0.3, 0.4) is 0 Å². The number of carbonyl (C=O) groups is 1. The highest BCUT2D eigenvalue weighted by Crippen LogP contribution is 2.18. The fourth-order valence-electron chi connectivity index (χ4n) is 3.78. The van der Waals surface area contributed by atoms with Gasteiger partial charge in [0.2, 0.25) is 0 Å². The van der Waals surface area contributed by atoms with Crippen molar-refractivity contribution in [2.75, 3.05) is 26.2 Å². The molecule has 5 nitrogen and oxygen atoms in total. The summed E-state index contributed by atoms with van der Waals surface area (Å²) in [6.45, 7) is 4.21. The molecule has 2 heterocycles. The minimum absolute atomic E-state index is 0.0905. The fourth-order valence-corrected chi connectivity index (χ4v) is 3.78. The molecule has 1 aromatic heterocycles. The summed E-state index contributed by atoms with van der Waals surface area (Å²) in [5.74, 6) is 0. The monoisotopic (exact) mass is 362 g/mol. The molecule has 27 heavy (non-hydrogen) atoms. The standard InChI is InChI=1S/C22H26N4O/c27-22(23-11-9-18-15-25-21-8-4-3-7-20(18)21)24-12-14-26-13-10-17-5-1-2-6-19(17)16-26/h1-8,15,25H,9-14,16H2,(H2,23,24,27). The molecule has 1 aliphatic rings. The van der Waals surface area contributed by atoms with Gasteiger partial charge in [-0.15, -0.1) is 0 Å². The number of aromatic nitrogens is 1. The average Bonchev–Trinajstić information content (AvgIpc) is 3.11. The lowest BCUT2D eigenvalue weighted by atomic mass is 10.00. The van der Waals surface area contributed by atoms with E-state index in [1.807, 2.05) is 18.3 Å². The Hall–Kier alpha value is -2.79. The molecule has 3 N–H and O–H groups in total. The summed E-state index contributed by atoms with van der Waals surface area (Å²) >= 11 is 0. The van der Waals surface area contributed by atoms with Gasteiger partial charge in [-0.25, -0.2) is 4.79 Å². The normalized spacial score (nSPS) is 14.1. The summed E-state index contributed by atoms with van der Waals surface area (Å²) in [4.78, 5) is 17.7.